The van der Waals surface area contributed by atoms with E-state index in [1.165, 1.54) is 0 Å². The minimum Gasteiger partial charge on any atom is -0.478 e. The molecular weight excluding hydrogens is 388 g/mol. The van der Waals surface area contributed by atoms with Crippen molar-refractivity contribution in [2.75, 3.05) is 0 Å². The normalized spacial score (nSPS) is 10.3. The zero-order valence-electron chi connectivity index (χ0n) is 16.0. The topological polar surface area (TPSA) is 63.6 Å². The number of carboxylic acid groups (broad SMARTS) is 1. The third-order valence-corrected chi connectivity index (χ3v) is 4.74. The maximum Gasteiger partial charge on any atom is 0.335 e. The molecule has 0 spiro atoms. The molecule has 2 aromatic carbocycles. The largest absolute Gasteiger partial charge is 0.478 e. The van der Waals surface area contributed by atoms with E-state index in [0.29, 0.717) is 23.6 Å². The molecule has 0 saturated heterocycles. The third kappa shape index (κ3) is 4.98. The van der Waals surface area contributed by atoms with E-state index in [-0.39, 0.29) is 0 Å². The number of benzene rings is 2. The number of hydrogen-bond donors (Lipinski definition) is 1. The lowest BCUT2D eigenvalue weighted by Crippen LogP contribution is -2.03. The highest BCUT2D eigenvalue weighted by Crippen LogP contribution is 2.27. The summed E-state index contributed by atoms with van der Waals surface area (Å²) in [5.74, 6) is 1.23. The Morgan fingerprint density at radius 1 is 0.931 bits per heavy atom. The molecule has 2 aromatic heterocycles. The average Bonchev–Trinajstić information content (AvgIpc) is 3.48. The smallest absolute Gasteiger partial charge is 0.335 e. The van der Waals surface area contributed by atoms with Crippen LogP contribution in [0.3, 0.4) is 0 Å². The Labute approximate surface area is 174 Å². The molecule has 0 fully saturated rings. The van der Waals surface area contributed by atoms with Crippen LogP contribution in [0.5, 0.6) is 0 Å². The van der Waals surface area contributed by atoms with Crippen LogP contribution in [-0.4, -0.2) is 11.1 Å². The van der Waals surface area contributed by atoms with Crippen LogP contribution >= 0.6 is 11.6 Å². The van der Waals surface area contributed by atoms with Gasteiger partial charge in [-0.25, -0.2) is 4.79 Å². The zero-order chi connectivity index (χ0) is 20.6. The van der Waals surface area contributed by atoms with Crippen LogP contribution in [0.2, 0.25) is 0 Å². The van der Waals surface area contributed by atoms with Crippen LogP contribution < -0.4 is 0 Å². The molecular formula is C24H21ClO4. The van der Waals surface area contributed by atoms with Gasteiger partial charge in [0.25, 0.3) is 0 Å². The van der Waals surface area contributed by atoms with Crippen molar-refractivity contribution in [2.24, 2.45) is 0 Å². The summed E-state index contributed by atoms with van der Waals surface area (Å²) >= 11 is 5.73. The number of halogens is 1. The van der Waals surface area contributed by atoms with Gasteiger partial charge in [0.15, 0.2) is 0 Å². The van der Waals surface area contributed by atoms with Gasteiger partial charge in [0, 0.05) is 17.0 Å². The van der Waals surface area contributed by atoms with Gasteiger partial charge in [-0.2, -0.15) is 0 Å². The van der Waals surface area contributed by atoms with Crippen molar-refractivity contribution in [1.82, 2.24) is 0 Å². The highest BCUT2D eigenvalue weighted by Gasteiger charge is 2.14. The number of aromatic carboxylic acids is 1. The molecule has 1 N–H and O–H groups in total. The van der Waals surface area contributed by atoms with E-state index in [2.05, 4.69) is 0 Å². The fourth-order valence-electron chi connectivity index (χ4n) is 3.08. The molecule has 4 rings (SSSR count). The summed E-state index contributed by atoms with van der Waals surface area (Å²) in [5.41, 5.74) is 4.19. The van der Waals surface area contributed by atoms with Gasteiger partial charge in [-0.3, -0.25) is 0 Å². The Balaban J connectivity index is 0.000000169. The van der Waals surface area contributed by atoms with Crippen LogP contribution in [0.25, 0.3) is 22.6 Å². The number of rotatable bonds is 5. The summed E-state index contributed by atoms with van der Waals surface area (Å²) in [6.07, 6.45) is 3.92. The lowest BCUT2D eigenvalue weighted by atomic mass is 9.97. The second-order valence-corrected chi connectivity index (χ2v) is 6.55. The van der Waals surface area contributed by atoms with E-state index >= 15 is 0 Å². The van der Waals surface area contributed by atoms with Crippen molar-refractivity contribution in [3.63, 3.8) is 0 Å². The minimum atomic E-state index is -0.898. The summed E-state index contributed by atoms with van der Waals surface area (Å²) in [5, 5.41) is 9.09. The number of furan rings is 2. The standard InChI is InChI=1S/C13H12O3.C11H9ClO/c1-2-9-10(12-7-4-8-16-12)5-3-6-11(9)13(14)15;12-8-9-3-1-4-10(7-9)11-5-2-6-13-11/h3-8H,2H2,1H3,(H,14,15);1-7H,8H2. The van der Waals surface area contributed by atoms with E-state index in [1.807, 2.05) is 55.5 Å². The first-order valence-electron chi connectivity index (χ1n) is 9.21. The average molecular weight is 409 g/mol. The first-order chi connectivity index (χ1) is 14.1. The maximum absolute atomic E-state index is 11.1. The van der Waals surface area contributed by atoms with Gasteiger partial charge in [0.05, 0.1) is 18.1 Å². The summed E-state index contributed by atoms with van der Waals surface area (Å²) in [6.45, 7) is 1.94. The second kappa shape index (κ2) is 9.80. The maximum atomic E-state index is 11.1. The van der Waals surface area contributed by atoms with E-state index in [9.17, 15) is 4.79 Å². The minimum absolute atomic E-state index is 0.344. The van der Waals surface area contributed by atoms with E-state index in [4.69, 9.17) is 25.5 Å². The highest BCUT2D eigenvalue weighted by atomic mass is 35.5. The van der Waals surface area contributed by atoms with E-state index < -0.39 is 5.97 Å². The predicted octanol–water partition coefficient (Wildman–Crippen LogP) is 6.89. The summed E-state index contributed by atoms with van der Waals surface area (Å²) in [4.78, 5) is 11.1. The van der Waals surface area contributed by atoms with Crippen LogP contribution in [0.1, 0.15) is 28.4 Å². The van der Waals surface area contributed by atoms with Crippen molar-refractivity contribution in [1.29, 1.82) is 0 Å². The Bertz CT molecular complexity index is 1050. The monoisotopic (exact) mass is 408 g/mol. The molecule has 0 aliphatic rings. The van der Waals surface area contributed by atoms with Crippen molar-refractivity contribution < 1.29 is 18.7 Å². The summed E-state index contributed by atoms with van der Waals surface area (Å²) < 4.78 is 10.6. The lowest BCUT2D eigenvalue weighted by Gasteiger charge is -2.08. The number of alkyl halides is 1. The fraction of sp³-hybridized carbons (Fsp3) is 0.125. The van der Waals surface area contributed by atoms with Crippen LogP contribution in [0.4, 0.5) is 0 Å². The molecule has 0 bridgehead atoms. The fourth-order valence-corrected chi connectivity index (χ4v) is 3.25. The van der Waals surface area contributed by atoms with Crippen LogP contribution in [-0.2, 0) is 12.3 Å². The number of carboxylic acids is 1. The molecule has 2 heterocycles. The van der Waals surface area contributed by atoms with Gasteiger partial charge in [0.1, 0.15) is 11.5 Å². The number of carbonyl (C=O) groups is 1. The van der Waals surface area contributed by atoms with Crippen molar-refractivity contribution in [3.05, 3.63) is 95.9 Å². The zero-order valence-corrected chi connectivity index (χ0v) is 16.7. The van der Waals surface area contributed by atoms with Crippen molar-refractivity contribution >= 4 is 17.6 Å². The molecule has 29 heavy (non-hydrogen) atoms. The van der Waals surface area contributed by atoms with E-state index in [1.54, 1.807) is 30.7 Å². The molecule has 0 radical (unpaired) electrons. The third-order valence-electron chi connectivity index (χ3n) is 4.43. The molecule has 0 aliphatic carbocycles. The van der Waals surface area contributed by atoms with Gasteiger partial charge in [-0.15, -0.1) is 11.6 Å². The summed E-state index contributed by atoms with van der Waals surface area (Å²) in [6, 6.07) is 20.7. The first-order valence-corrected chi connectivity index (χ1v) is 9.75. The molecule has 0 unspecified atom stereocenters. The van der Waals surface area contributed by atoms with Crippen molar-refractivity contribution in [2.45, 2.75) is 19.2 Å². The molecule has 4 nitrogen and oxygen atoms in total. The highest BCUT2D eigenvalue weighted by molar-refractivity contribution is 6.17. The van der Waals surface area contributed by atoms with Gasteiger partial charge < -0.3 is 13.9 Å². The lowest BCUT2D eigenvalue weighted by molar-refractivity contribution is 0.0696. The predicted molar refractivity (Wildman–Crippen MR) is 114 cm³/mol. The summed E-state index contributed by atoms with van der Waals surface area (Å²) in [7, 11) is 0. The van der Waals surface area contributed by atoms with Gasteiger partial charge >= 0.3 is 5.97 Å². The van der Waals surface area contributed by atoms with Crippen molar-refractivity contribution in [3.8, 4) is 22.6 Å². The van der Waals surface area contributed by atoms with Crippen LogP contribution in [0, 0.1) is 0 Å². The Hall–Kier alpha value is -3.24. The number of hydrogen-bond acceptors (Lipinski definition) is 3. The molecule has 4 aromatic rings. The van der Waals surface area contributed by atoms with Gasteiger partial charge in [0.2, 0.25) is 0 Å². The van der Waals surface area contributed by atoms with E-state index in [0.717, 1.165) is 28.0 Å². The molecule has 0 aliphatic heterocycles. The SMILES string of the molecule is CCc1c(C(=O)O)cccc1-c1ccco1.ClCc1cccc(-c2ccco2)c1. The first kappa shape index (κ1) is 20.5. The molecule has 0 saturated carbocycles. The Morgan fingerprint density at radius 2 is 1.62 bits per heavy atom. The molecule has 0 atom stereocenters. The van der Waals surface area contributed by atoms with Crippen LogP contribution in [0.15, 0.2) is 88.1 Å². The molecule has 0 amide bonds. The van der Waals surface area contributed by atoms with Gasteiger partial charge in [-0.05, 0) is 53.9 Å². The Morgan fingerprint density at radius 3 is 2.21 bits per heavy atom. The quantitative estimate of drug-likeness (QED) is 0.365. The second-order valence-electron chi connectivity index (χ2n) is 6.28. The Kier molecular flexibility index (Phi) is 6.93. The molecule has 148 valence electrons. The van der Waals surface area contributed by atoms with Gasteiger partial charge in [-0.1, -0.05) is 37.3 Å². The molecule has 5 heteroatoms.